The number of fused-ring (bicyclic) bond motifs is 1. The topological polar surface area (TPSA) is 80.2 Å². The lowest BCUT2D eigenvalue weighted by molar-refractivity contribution is -0.118. The molecule has 0 aliphatic heterocycles. The van der Waals surface area contributed by atoms with E-state index in [1.54, 1.807) is 36.7 Å². The highest BCUT2D eigenvalue weighted by Crippen LogP contribution is 2.31. The first kappa shape index (κ1) is 22.9. The monoisotopic (exact) mass is 487 g/mol. The molecule has 0 N–H and O–H groups in total. The van der Waals surface area contributed by atoms with Crippen molar-refractivity contribution in [3.05, 3.63) is 84.2 Å². The van der Waals surface area contributed by atoms with Crippen molar-refractivity contribution in [3.63, 3.8) is 0 Å². The maximum Gasteiger partial charge on any atom is 0.229 e. The molecule has 4 rings (SSSR count). The van der Waals surface area contributed by atoms with E-state index in [9.17, 15) is 22.0 Å². The second kappa shape index (κ2) is 9.72. The molecule has 0 saturated heterocycles. The van der Waals surface area contributed by atoms with Crippen LogP contribution in [0.1, 0.15) is 18.4 Å². The van der Waals surface area contributed by atoms with Crippen LogP contribution in [0.2, 0.25) is 0 Å². The molecule has 0 fully saturated rings. The molecule has 0 aliphatic carbocycles. The fraction of sp³-hybridized carbons (Fsp3) is 0.174. The molecule has 33 heavy (non-hydrogen) atoms. The number of sulfone groups is 1. The summed E-state index contributed by atoms with van der Waals surface area (Å²) in [4.78, 5) is 22.8. The lowest BCUT2D eigenvalue weighted by Crippen LogP contribution is -2.30. The van der Waals surface area contributed by atoms with Gasteiger partial charge in [-0.05, 0) is 60.5 Å². The molecule has 0 aliphatic rings. The average Bonchev–Trinajstić information content (AvgIpc) is 3.23. The Hall–Kier alpha value is -3.24. The Morgan fingerprint density at radius 2 is 1.73 bits per heavy atom. The van der Waals surface area contributed by atoms with E-state index in [0.29, 0.717) is 9.83 Å². The third kappa shape index (κ3) is 5.40. The van der Waals surface area contributed by atoms with E-state index in [2.05, 4.69) is 9.97 Å². The number of aromatic nitrogens is 2. The van der Waals surface area contributed by atoms with Crippen LogP contribution in [0.5, 0.6) is 0 Å². The van der Waals surface area contributed by atoms with Crippen molar-refractivity contribution < 1.29 is 22.0 Å². The molecule has 0 atom stereocenters. The molecule has 0 radical (unpaired) electrons. The Morgan fingerprint density at radius 3 is 2.42 bits per heavy atom. The van der Waals surface area contributed by atoms with Crippen molar-refractivity contribution in [1.29, 1.82) is 0 Å². The van der Waals surface area contributed by atoms with Gasteiger partial charge in [0.25, 0.3) is 0 Å². The zero-order valence-electron chi connectivity index (χ0n) is 17.3. The predicted octanol–water partition coefficient (Wildman–Crippen LogP) is 4.76. The Labute approximate surface area is 193 Å². The van der Waals surface area contributed by atoms with Crippen LogP contribution < -0.4 is 4.90 Å². The number of amides is 1. The van der Waals surface area contributed by atoms with Crippen molar-refractivity contribution >= 4 is 42.4 Å². The first-order valence-corrected chi connectivity index (χ1v) is 12.5. The lowest BCUT2D eigenvalue weighted by atomic mass is 10.2. The van der Waals surface area contributed by atoms with Crippen LogP contribution in [-0.4, -0.2) is 30.0 Å². The Morgan fingerprint density at radius 1 is 1.00 bits per heavy atom. The van der Waals surface area contributed by atoms with Gasteiger partial charge in [0.05, 0.1) is 21.9 Å². The number of para-hydroxylation sites is 1. The minimum absolute atomic E-state index is 0.00615. The maximum absolute atomic E-state index is 14.2. The Kier molecular flexibility index (Phi) is 6.75. The number of rotatable bonds is 8. The summed E-state index contributed by atoms with van der Waals surface area (Å²) >= 11 is 1.19. The maximum atomic E-state index is 14.2. The van der Waals surface area contributed by atoms with Crippen LogP contribution in [0.4, 0.5) is 13.9 Å². The molecule has 2 aromatic carbocycles. The number of halogens is 2. The predicted molar refractivity (Wildman–Crippen MR) is 123 cm³/mol. The number of benzene rings is 2. The molecule has 2 aromatic heterocycles. The van der Waals surface area contributed by atoms with Gasteiger partial charge in [-0.1, -0.05) is 17.4 Å². The fourth-order valence-electron chi connectivity index (χ4n) is 3.26. The number of anilines is 1. The van der Waals surface area contributed by atoms with Gasteiger partial charge in [0, 0.05) is 18.8 Å². The van der Waals surface area contributed by atoms with E-state index < -0.39 is 21.5 Å². The van der Waals surface area contributed by atoms with E-state index >= 15 is 0 Å². The Bertz CT molecular complexity index is 1380. The Balaban J connectivity index is 1.53. The summed E-state index contributed by atoms with van der Waals surface area (Å²) in [7, 11) is -3.66. The quantitative estimate of drug-likeness (QED) is 0.335. The average molecular weight is 488 g/mol. The molecule has 170 valence electrons. The van der Waals surface area contributed by atoms with Crippen LogP contribution >= 0.6 is 11.3 Å². The SMILES string of the molecule is O=C(CCCS(=O)(=O)c1ccc(F)cc1)N(Cc1ccncc1)c1nc2c(F)cccc2s1. The minimum atomic E-state index is -3.66. The minimum Gasteiger partial charge on any atom is -0.284 e. The van der Waals surface area contributed by atoms with Gasteiger partial charge in [0.2, 0.25) is 5.91 Å². The zero-order valence-corrected chi connectivity index (χ0v) is 19.0. The molecule has 0 spiro atoms. The van der Waals surface area contributed by atoms with E-state index in [-0.39, 0.29) is 41.5 Å². The van der Waals surface area contributed by atoms with Gasteiger partial charge in [-0.25, -0.2) is 22.2 Å². The van der Waals surface area contributed by atoms with E-state index in [4.69, 9.17) is 0 Å². The number of hydrogen-bond acceptors (Lipinski definition) is 6. The van der Waals surface area contributed by atoms with Gasteiger partial charge in [-0.15, -0.1) is 0 Å². The molecule has 6 nitrogen and oxygen atoms in total. The van der Waals surface area contributed by atoms with Crippen LogP contribution in [0.3, 0.4) is 0 Å². The number of hydrogen-bond donors (Lipinski definition) is 0. The summed E-state index contributed by atoms with van der Waals surface area (Å²) in [6.07, 6.45) is 3.23. The number of thiazole rings is 1. The summed E-state index contributed by atoms with van der Waals surface area (Å²) in [5.74, 6) is -1.59. The molecule has 1 amide bonds. The summed E-state index contributed by atoms with van der Waals surface area (Å²) in [6.45, 7) is 0.188. The third-order valence-electron chi connectivity index (χ3n) is 4.96. The number of carbonyl (C=O) groups is 1. The van der Waals surface area contributed by atoms with Crippen LogP contribution in [0.15, 0.2) is 71.9 Å². The molecule has 0 unspecified atom stereocenters. The van der Waals surface area contributed by atoms with Crippen molar-refractivity contribution in [3.8, 4) is 0 Å². The highest BCUT2D eigenvalue weighted by molar-refractivity contribution is 7.91. The van der Waals surface area contributed by atoms with E-state index in [1.807, 2.05) is 0 Å². The molecule has 10 heteroatoms. The van der Waals surface area contributed by atoms with Gasteiger partial charge in [-0.3, -0.25) is 14.7 Å². The van der Waals surface area contributed by atoms with Gasteiger partial charge < -0.3 is 0 Å². The summed E-state index contributed by atoms with van der Waals surface area (Å²) in [5, 5.41) is 0.332. The standard InChI is InChI=1S/C23H19F2N3O3S2/c24-17-6-8-18(9-7-17)33(30,31)14-2-5-21(29)28(15-16-10-12-26-13-11-16)23-27-22-19(25)3-1-4-20(22)32-23/h1,3-4,6-13H,2,5,14-15H2. The summed E-state index contributed by atoms with van der Waals surface area (Å²) in [5.41, 5.74) is 0.987. The van der Waals surface area contributed by atoms with Gasteiger partial charge in [0.1, 0.15) is 17.2 Å². The number of carbonyl (C=O) groups excluding carboxylic acids is 1. The molecule has 4 aromatic rings. The largest absolute Gasteiger partial charge is 0.284 e. The highest BCUT2D eigenvalue weighted by atomic mass is 32.2. The number of nitrogens with zero attached hydrogens (tertiary/aromatic N) is 3. The van der Waals surface area contributed by atoms with Gasteiger partial charge >= 0.3 is 0 Å². The normalized spacial score (nSPS) is 11.6. The molecular weight excluding hydrogens is 468 g/mol. The second-order valence-electron chi connectivity index (χ2n) is 7.29. The van der Waals surface area contributed by atoms with Gasteiger partial charge in [0.15, 0.2) is 15.0 Å². The zero-order chi connectivity index (χ0) is 23.4. The van der Waals surface area contributed by atoms with Crippen LogP contribution in [0, 0.1) is 11.6 Å². The van der Waals surface area contributed by atoms with Crippen molar-refractivity contribution in [2.75, 3.05) is 10.7 Å². The number of pyridine rings is 1. The summed E-state index contributed by atoms with van der Waals surface area (Å²) < 4.78 is 52.9. The lowest BCUT2D eigenvalue weighted by Gasteiger charge is -2.20. The second-order valence-corrected chi connectivity index (χ2v) is 10.4. The molecule has 0 bridgehead atoms. The van der Waals surface area contributed by atoms with Crippen molar-refractivity contribution in [1.82, 2.24) is 9.97 Å². The fourth-order valence-corrected chi connectivity index (χ4v) is 5.57. The van der Waals surface area contributed by atoms with Crippen molar-refractivity contribution in [2.24, 2.45) is 0 Å². The molecule has 0 saturated carbocycles. The van der Waals surface area contributed by atoms with Crippen LogP contribution in [-0.2, 0) is 21.2 Å². The summed E-state index contributed by atoms with van der Waals surface area (Å²) in [6, 6.07) is 12.7. The van der Waals surface area contributed by atoms with Crippen molar-refractivity contribution in [2.45, 2.75) is 24.3 Å². The smallest absolute Gasteiger partial charge is 0.229 e. The van der Waals surface area contributed by atoms with E-state index in [1.165, 1.54) is 34.4 Å². The van der Waals surface area contributed by atoms with E-state index in [0.717, 1.165) is 17.7 Å². The first-order chi connectivity index (χ1) is 15.8. The third-order valence-corrected chi connectivity index (χ3v) is 7.82. The first-order valence-electron chi connectivity index (χ1n) is 10.1. The van der Waals surface area contributed by atoms with Gasteiger partial charge in [-0.2, -0.15) is 0 Å². The highest BCUT2D eigenvalue weighted by Gasteiger charge is 2.22. The van der Waals surface area contributed by atoms with Crippen LogP contribution in [0.25, 0.3) is 10.2 Å². The molecular formula is C23H19F2N3O3S2. The molecule has 2 heterocycles.